The number of rotatable bonds is 10. The number of amides is 1. The number of hydrogen-bond donors (Lipinski definition) is 2. The Morgan fingerprint density at radius 1 is 1.00 bits per heavy atom. The number of phenolic OH excluding ortho intramolecular Hbond substituents is 1. The standard InChI is InChI=1S/C30H26FN3O6S2/c1-3-39-21-12-7-18(8-13-21)26(36)24-25(19-9-14-22(35)23(15-19)40-4-2)34(28(38)27(24)37)29-32-33-30(42-29)41-16-17-5-10-20(31)11-6-17/h5-15,25,35-36H,3-4,16H2,1-2H3/b26-24-. The first-order valence-electron chi connectivity index (χ1n) is 13.0. The smallest absolute Gasteiger partial charge is 0.301 e. The van der Waals surface area contributed by atoms with Gasteiger partial charge in [-0.25, -0.2) is 4.39 Å². The molecule has 4 aromatic rings. The third-order valence-electron chi connectivity index (χ3n) is 6.36. The number of aromatic nitrogens is 2. The van der Waals surface area contributed by atoms with Crippen molar-refractivity contribution in [2.24, 2.45) is 0 Å². The molecule has 0 bridgehead atoms. The summed E-state index contributed by atoms with van der Waals surface area (Å²) in [6.45, 7) is 4.35. The van der Waals surface area contributed by atoms with Crippen LogP contribution in [-0.2, 0) is 15.3 Å². The third kappa shape index (κ3) is 5.95. The molecular formula is C30H26FN3O6S2. The lowest BCUT2D eigenvalue weighted by atomic mass is 9.95. The maximum absolute atomic E-state index is 13.5. The van der Waals surface area contributed by atoms with Crippen molar-refractivity contribution in [2.75, 3.05) is 18.1 Å². The Balaban J connectivity index is 1.55. The maximum Gasteiger partial charge on any atom is 0.301 e. The summed E-state index contributed by atoms with van der Waals surface area (Å²) in [5.74, 6) is -1.35. The molecule has 1 saturated heterocycles. The second-order valence-electron chi connectivity index (χ2n) is 9.05. The zero-order valence-electron chi connectivity index (χ0n) is 22.6. The van der Waals surface area contributed by atoms with Crippen molar-refractivity contribution in [3.63, 3.8) is 0 Å². The molecular weight excluding hydrogens is 581 g/mol. The number of nitrogens with zero attached hydrogens (tertiary/aromatic N) is 3. The molecule has 9 nitrogen and oxygen atoms in total. The van der Waals surface area contributed by atoms with Gasteiger partial charge in [-0.1, -0.05) is 41.3 Å². The van der Waals surface area contributed by atoms with Crippen molar-refractivity contribution in [1.82, 2.24) is 10.2 Å². The third-order valence-corrected chi connectivity index (χ3v) is 8.49. The minimum absolute atomic E-state index is 0.112. The second-order valence-corrected chi connectivity index (χ2v) is 11.2. The summed E-state index contributed by atoms with van der Waals surface area (Å²) < 4.78 is 24.8. The number of Topliss-reactive ketones (excluding diaryl/α,β-unsaturated/α-hetero) is 1. The van der Waals surface area contributed by atoms with Gasteiger partial charge in [0.15, 0.2) is 15.8 Å². The van der Waals surface area contributed by atoms with Crippen molar-refractivity contribution in [3.8, 4) is 17.2 Å². The van der Waals surface area contributed by atoms with Crippen molar-refractivity contribution in [2.45, 2.75) is 30.0 Å². The van der Waals surface area contributed by atoms with Crippen LogP contribution in [0, 0.1) is 5.82 Å². The number of benzene rings is 3. The van der Waals surface area contributed by atoms with E-state index in [2.05, 4.69) is 10.2 Å². The van der Waals surface area contributed by atoms with E-state index >= 15 is 0 Å². The highest BCUT2D eigenvalue weighted by Crippen LogP contribution is 2.45. The van der Waals surface area contributed by atoms with Crippen LogP contribution in [0.2, 0.25) is 0 Å². The normalized spacial score (nSPS) is 16.2. The lowest BCUT2D eigenvalue weighted by molar-refractivity contribution is -0.132. The van der Waals surface area contributed by atoms with Gasteiger partial charge >= 0.3 is 5.91 Å². The van der Waals surface area contributed by atoms with Crippen molar-refractivity contribution < 1.29 is 33.7 Å². The number of halogens is 1. The van der Waals surface area contributed by atoms with Crippen LogP contribution in [0.3, 0.4) is 0 Å². The number of ether oxygens (including phenoxy) is 2. The Kier molecular flexibility index (Phi) is 8.74. The van der Waals surface area contributed by atoms with Crippen molar-refractivity contribution in [1.29, 1.82) is 0 Å². The van der Waals surface area contributed by atoms with E-state index < -0.39 is 17.7 Å². The monoisotopic (exact) mass is 607 g/mol. The Labute approximate surface area is 249 Å². The van der Waals surface area contributed by atoms with Gasteiger partial charge in [-0.3, -0.25) is 14.5 Å². The fourth-order valence-corrected chi connectivity index (χ4v) is 6.26. The zero-order chi connectivity index (χ0) is 29.8. The summed E-state index contributed by atoms with van der Waals surface area (Å²) in [4.78, 5) is 28.2. The van der Waals surface area contributed by atoms with E-state index in [1.54, 1.807) is 49.4 Å². The summed E-state index contributed by atoms with van der Waals surface area (Å²) in [6, 6.07) is 16.0. The highest BCUT2D eigenvalue weighted by atomic mass is 32.2. The van der Waals surface area contributed by atoms with E-state index in [1.807, 2.05) is 6.92 Å². The van der Waals surface area contributed by atoms with E-state index in [1.165, 1.54) is 40.9 Å². The van der Waals surface area contributed by atoms with Crippen LogP contribution in [0.1, 0.15) is 36.6 Å². The van der Waals surface area contributed by atoms with Gasteiger partial charge < -0.3 is 19.7 Å². The lowest BCUT2D eigenvalue weighted by Gasteiger charge is -2.23. The Morgan fingerprint density at radius 2 is 1.71 bits per heavy atom. The van der Waals surface area contributed by atoms with E-state index in [-0.39, 0.29) is 40.4 Å². The molecule has 42 heavy (non-hydrogen) atoms. The van der Waals surface area contributed by atoms with Crippen LogP contribution in [0.25, 0.3) is 5.76 Å². The highest BCUT2D eigenvalue weighted by Gasteiger charge is 2.48. The molecule has 1 fully saturated rings. The number of carbonyl (C=O) groups excluding carboxylic acids is 2. The molecule has 0 radical (unpaired) electrons. The minimum Gasteiger partial charge on any atom is -0.507 e. The molecule has 1 unspecified atom stereocenters. The van der Waals surface area contributed by atoms with Crippen LogP contribution in [0.4, 0.5) is 9.52 Å². The van der Waals surface area contributed by atoms with E-state index in [4.69, 9.17) is 9.47 Å². The molecule has 0 aliphatic carbocycles. The average Bonchev–Trinajstić information content (AvgIpc) is 3.56. The maximum atomic E-state index is 13.5. The summed E-state index contributed by atoms with van der Waals surface area (Å²) >= 11 is 2.46. The first kappa shape index (κ1) is 29.1. The van der Waals surface area contributed by atoms with Gasteiger partial charge in [-0.05, 0) is 73.5 Å². The average molecular weight is 608 g/mol. The van der Waals surface area contributed by atoms with Gasteiger partial charge in [0.05, 0.1) is 24.8 Å². The number of anilines is 1. The fourth-order valence-electron chi connectivity index (χ4n) is 4.43. The molecule has 1 aliphatic rings. The van der Waals surface area contributed by atoms with Gasteiger partial charge in [0.2, 0.25) is 5.13 Å². The van der Waals surface area contributed by atoms with Crippen molar-refractivity contribution >= 4 is 45.7 Å². The minimum atomic E-state index is -1.08. The molecule has 1 amide bonds. The molecule has 5 rings (SSSR count). The Bertz CT molecular complexity index is 1640. The number of ketones is 1. The van der Waals surface area contributed by atoms with Gasteiger partial charge in [-0.2, -0.15) is 0 Å². The molecule has 2 N–H and O–H groups in total. The van der Waals surface area contributed by atoms with Crippen LogP contribution in [0.5, 0.6) is 17.2 Å². The second kappa shape index (κ2) is 12.6. The van der Waals surface area contributed by atoms with Crippen LogP contribution < -0.4 is 14.4 Å². The molecule has 1 aliphatic heterocycles. The topological polar surface area (TPSA) is 122 Å². The summed E-state index contributed by atoms with van der Waals surface area (Å²) in [5, 5.41) is 30.2. The predicted molar refractivity (Wildman–Crippen MR) is 158 cm³/mol. The van der Waals surface area contributed by atoms with Gasteiger partial charge in [0.1, 0.15) is 17.3 Å². The Morgan fingerprint density at radius 3 is 2.40 bits per heavy atom. The predicted octanol–water partition coefficient (Wildman–Crippen LogP) is 6.10. The van der Waals surface area contributed by atoms with Gasteiger partial charge in [-0.15, -0.1) is 10.2 Å². The quantitative estimate of drug-likeness (QED) is 0.0724. The fraction of sp³-hybridized carbons (Fsp3) is 0.200. The largest absolute Gasteiger partial charge is 0.507 e. The zero-order valence-corrected chi connectivity index (χ0v) is 24.2. The lowest BCUT2D eigenvalue weighted by Crippen LogP contribution is -2.29. The van der Waals surface area contributed by atoms with Crippen LogP contribution in [-0.4, -0.2) is 45.3 Å². The number of aliphatic hydroxyl groups excluding tert-OH is 1. The van der Waals surface area contributed by atoms with Crippen molar-refractivity contribution in [3.05, 3.63) is 94.8 Å². The number of thioether (sulfide) groups is 1. The number of aliphatic hydroxyl groups is 1. The highest BCUT2D eigenvalue weighted by molar-refractivity contribution is 8.00. The molecule has 1 aromatic heterocycles. The molecule has 216 valence electrons. The van der Waals surface area contributed by atoms with Crippen LogP contribution in [0.15, 0.2) is 76.6 Å². The number of aromatic hydroxyl groups is 1. The Hall–Kier alpha value is -4.42. The van der Waals surface area contributed by atoms with E-state index in [9.17, 15) is 24.2 Å². The molecule has 3 aromatic carbocycles. The number of hydrogen-bond acceptors (Lipinski definition) is 10. The molecule has 0 saturated carbocycles. The van der Waals surface area contributed by atoms with E-state index in [0.717, 1.165) is 16.9 Å². The number of phenols is 1. The summed E-state index contributed by atoms with van der Waals surface area (Å²) in [6.07, 6.45) is 0. The molecule has 2 heterocycles. The van der Waals surface area contributed by atoms with Gasteiger partial charge in [0.25, 0.3) is 5.78 Å². The van der Waals surface area contributed by atoms with Gasteiger partial charge in [0, 0.05) is 11.3 Å². The summed E-state index contributed by atoms with van der Waals surface area (Å²) in [7, 11) is 0. The SMILES string of the molecule is CCOc1ccc(/C(O)=C2/C(=O)C(=O)N(c3nnc(SCc4ccc(F)cc4)s3)C2c2ccc(O)c(OCC)c2)cc1. The van der Waals surface area contributed by atoms with E-state index in [0.29, 0.717) is 33.6 Å². The first-order chi connectivity index (χ1) is 20.3. The first-order valence-corrected chi connectivity index (χ1v) is 14.8. The van der Waals surface area contributed by atoms with Crippen LogP contribution >= 0.6 is 23.1 Å². The molecule has 1 atom stereocenters. The summed E-state index contributed by atoms with van der Waals surface area (Å²) in [5.41, 5.74) is 1.46. The molecule has 0 spiro atoms. The molecule has 12 heteroatoms. The number of carbonyl (C=O) groups is 2.